The topological polar surface area (TPSA) is 61.0 Å². The number of aromatic nitrogens is 2. The summed E-state index contributed by atoms with van der Waals surface area (Å²) in [6, 6.07) is 5.62. The molecule has 1 aliphatic rings. The monoisotopic (exact) mass is 243 g/mol. The Labute approximate surface area is 106 Å². The number of hydrogen-bond acceptors (Lipinski definition) is 4. The number of nitrogen functional groups attached to an aromatic ring is 1. The van der Waals surface area contributed by atoms with E-state index in [4.69, 9.17) is 10.5 Å². The molecule has 1 aromatic carbocycles. The minimum atomic E-state index is 0.652. The fraction of sp³-hybridized carbons (Fsp3) is 0.429. The minimum Gasteiger partial charge on any atom is -0.477 e. The maximum atomic E-state index is 5.85. The first-order valence-corrected chi connectivity index (χ1v) is 6.46. The molecule has 0 aliphatic heterocycles. The molecule has 0 unspecified atom stereocenters. The molecule has 4 nitrogen and oxygen atoms in total. The Bertz CT molecular complexity index is 550. The number of fused-ring (bicyclic) bond motifs is 1. The summed E-state index contributed by atoms with van der Waals surface area (Å²) in [5.74, 6) is 1.33. The molecule has 0 amide bonds. The lowest BCUT2D eigenvalue weighted by Gasteiger charge is -2.12. The predicted octanol–water partition coefficient (Wildman–Crippen LogP) is 2.78. The van der Waals surface area contributed by atoms with E-state index in [9.17, 15) is 0 Å². The first-order chi connectivity index (χ1) is 8.83. The van der Waals surface area contributed by atoms with Gasteiger partial charge in [-0.05, 0) is 37.0 Å². The van der Waals surface area contributed by atoms with Gasteiger partial charge in [0.05, 0.1) is 17.5 Å². The van der Waals surface area contributed by atoms with Gasteiger partial charge in [0.25, 0.3) is 0 Å². The Hall–Kier alpha value is -1.84. The van der Waals surface area contributed by atoms with Crippen LogP contribution in [-0.2, 0) is 0 Å². The molecule has 1 aromatic heterocycles. The molecule has 0 atom stereocenters. The number of nitrogens with zero attached hydrogens (tertiary/aromatic N) is 2. The van der Waals surface area contributed by atoms with Crippen molar-refractivity contribution in [1.82, 2.24) is 9.97 Å². The van der Waals surface area contributed by atoms with Crippen LogP contribution in [0, 0.1) is 5.92 Å². The Morgan fingerprint density at radius 3 is 2.89 bits per heavy atom. The number of ether oxygens (including phenoxy) is 1. The summed E-state index contributed by atoms with van der Waals surface area (Å²) in [6.45, 7) is 0.751. The van der Waals surface area contributed by atoms with Crippen LogP contribution in [0.4, 0.5) is 5.69 Å². The summed E-state index contributed by atoms with van der Waals surface area (Å²) in [7, 11) is 0. The minimum absolute atomic E-state index is 0.652. The number of benzene rings is 1. The molecule has 2 aromatic rings. The van der Waals surface area contributed by atoms with Crippen molar-refractivity contribution in [2.75, 3.05) is 12.3 Å². The van der Waals surface area contributed by atoms with Crippen LogP contribution < -0.4 is 10.5 Å². The molecular formula is C14H17N3O. The summed E-state index contributed by atoms with van der Waals surface area (Å²) in [5.41, 5.74) is 7.39. The molecule has 0 saturated heterocycles. The van der Waals surface area contributed by atoms with Crippen molar-refractivity contribution >= 4 is 16.6 Å². The number of anilines is 1. The van der Waals surface area contributed by atoms with Gasteiger partial charge in [0.15, 0.2) is 0 Å². The van der Waals surface area contributed by atoms with Crippen molar-refractivity contribution in [3.63, 3.8) is 0 Å². The normalized spacial score (nSPS) is 16.2. The summed E-state index contributed by atoms with van der Waals surface area (Å²) < 4.78 is 5.85. The van der Waals surface area contributed by atoms with Crippen molar-refractivity contribution in [2.45, 2.75) is 25.7 Å². The van der Waals surface area contributed by atoms with Crippen LogP contribution in [0.3, 0.4) is 0 Å². The van der Waals surface area contributed by atoms with Gasteiger partial charge >= 0.3 is 0 Å². The third kappa shape index (κ3) is 2.23. The maximum absolute atomic E-state index is 5.85. The van der Waals surface area contributed by atoms with E-state index in [-0.39, 0.29) is 0 Å². The Morgan fingerprint density at radius 1 is 1.22 bits per heavy atom. The molecular weight excluding hydrogens is 226 g/mol. The van der Waals surface area contributed by atoms with E-state index >= 15 is 0 Å². The number of nitrogens with two attached hydrogens (primary N) is 1. The second-order valence-corrected chi connectivity index (χ2v) is 4.92. The highest BCUT2D eigenvalue weighted by Crippen LogP contribution is 2.27. The highest BCUT2D eigenvalue weighted by atomic mass is 16.5. The van der Waals surface area contributed by atoms with Crippen LogP contribution >= 0.6 is 0 Å². The van der Waals surface area contributed by atoms with Crippen LogP contribution in [0.5, 0.6) is 5.88 Å². The summed E-state index contributed by atoms with van der Waals surface area (Å²) in [6.07, 6.45) is 6.73. The van der Waals surface area contributed by atoms with Gasteiger partial charge in [-0.1, -0.05) is 12.8 Å². The van der Waals surface area contributed by atoms with E-state index in [0.717, 1.165) is 17.5 Å². The lowest BCUT2D eigenvalue weighted by Crippen LogP contribution is -2.09. The molecule has 0 spiro atoms. The summed E-state index contributed by atoms with van der Waals surface area (Å²) >= 11 is 0. The van der Waals surface area contributed by atoms with Gasteiger partial charge in [-0.15, -0.1) is 0 Å². The molecule has 94 valence electrons. The van der Waals surface area contributed by atoms with Crippen molar-refractivity contribution in [3.8, 4) is 5.88 Å². The Kier molecular flexibility index (Phi) is 3.00. The lowest BCUT2D eigenvalue weighted by atomic mass is 10.1. The molecule has 0 bridgehead atoms. The molecule has 2 N–H and O–H groups in total. The van der Waals surface area contributed by atoms with Crippen LogP contribution in [-0.4, -0.2) is 16.6 Å². The van der Waals surface area contributed by atoms with Gasteiger partial charge in [0, 0.05) is 5.69 Å². The van der Waals surface area contributed by atoms with E-state index < -0.39 is 0 Å². The molecule has 1 heterocycles. The third-order valence-corrected chi connectivity index (χ3v) is 3.55. The van der Waals surface area contributed by atoms with E-state index in [1.807, 2.05) is 18.2 Å². The number of rotatable bonds is 3. The van der Waals surface area contributed by atoms with Crippen molar-refractivity contribution in [1.29, 1.82) is 0 Å². The maximum Gasteiger partial charge on any atom is 0.224 e. The van der Waals surface area contributed by atoms with E-state index in [2.05, 4.69) is 9.97 Å². The predicted molar refractivity (Wildman–Crippen MR) is 71.4 cm³/mol. The highest BCUT2D eigenvalue weighted by molar-refractivity contribution is 5.86. The quantitative estimate of drug-likeness (QED) is 0.842. The number of hydrogen-bond donors (Lipinski definition) is 1. The van der Waals surface area contributed by atoms with Gasteiger partial charge in [0.1, 0.15) is 6.33 Å². The van der Waals surface area contributed by atoms with Gasteiger partial charge in [-0.25, -0.2) is 9.97 Å². The summed E-state index contributed by atoms with van der Waals surface area (Å²) in [4.78, 5) is 8.44. The average Bonchev–Trinajstić information content (AvgIpc) is 2.89. The van der Waals surface area contributed by atoms with Crippen molar-refractivity contribution in [3.05, 3.63) is 24.5 Å². The van der Waals surface area contributed by atoms with Crippen LogP contribution in [0.1, 0.15) is 25.7 Å². The molecule has 3 rings (SSSR count). The highest BCUT2D eigenvalue weighted by Gasteiger charge is 2.16. The molecule has 0 radical (unpaired) electrons. The van der Waals surface area contributed by atoms with Crippen LogP contribution in [0.15, 0.2) is 24.5 Å². The molecule has 1 fully saturated rings. The Balaban J connectivity index is 1.84. The largest absolute Gasteiger partial charge is 0.477 e. The third-order valence-electron chi connectivity index (χ3n) is 3.55. The first kappa shape index (κ1) is 11.3. The molecule has 4 heteroatoms. The smallest absolute Gasteiger partial charge is 0.224 e. The van der Waals surface area contributed by atoms with Crippen molar-refractivity contribution in [2.24, 2.45) is 5.92 Å². The zero-order valence-electron chi connectivity index (χ0n) is 10.3. The van der Waals surface area contributed by atoms with E-state index in [0.29, 0.717) is 17.5 Å². The van der Waals surface area contributed by atoms with Gasteiger partial charge in [0.2, 0.25) is 5.88 Å². The van der Waals surface area contributed by atoms with Gasteiger partial charge < -0.3 is 10.5 Å². The zero-order valence-corrected chi connectivity index (χ0v) is 10.3. The van der Waals surface area contributed by atoms with Gasteiger partial charge in [-0.3, -0.25) is 0 Å². The lowest BCUT2D eigenvalue weighted by molar-refractivity contribution is 0.246. The van der Waals surface area contributed by atoms with Crippen LogP contribution in [0.25, 0.3) is 10.9 Å². The van der Waals surface area contributed by atoms with Crippen molar-refractivity contribution < 1.29 is 4.74 Å². The second kappa shape index (κ2) is 4.80. The summed E-state index contributed by atoms with van der Waals surface area (Å²) in [5, 5.41) is 0.899. The van der Waals surface area contributed by atoms with Gasteiger partial charge in [-0.2, -0.15) is 0 Å². The van der Waals surface area contributed by atoms with E-state index in [1.165, 1.54) is 25.7 Å². The molecule has 1 aliphatic carbocycles. The fourth-order valence-electron chi connectivity index (χ4n) is 2.54. The van der Waals surface area contributed by atoms with Crippen LogP contribution in [0.2, 0.25) is 0 Å². The Morgan fingerprint density at radius 2 is 2.06 bits per heavy atom. The zero-order chi connectivity index (χ0) is 12.4. The fourth-order valence-corrected chi connectivity index (χ4v) is 2.54. The molecule has 1 saturated carbocycles. The molecule has 18 heavy (non-hydrogen) atoms. The first-order valence-electron chi connectivity index (χ1n) is 6.46. The average molecular weight is 243 g/mol. The SMILES string of the molecule is Nc1ccc2ncnc(OCC3CCCC3)c2c1. The second-order valence-electron chi connectivity index (χ2n) is 4.92. The van der Waals surface area contributed by atoms with E-state index in [1.54, 1.807) is 6.33 Å². The standard InChI is InChI=1S/C14H17N3O/c15-11-5-6-13-12(7-11)14(17-9-16-13)18-8-10-3-1-2-4-10/h5-7,9-10H,1-4,8,15H2.